The fraction of sp³-hybridized carbons (Fsp3) is 0.250. The Morgan fingerprint density at radius 2 is 2.23 bits per heavy atom. The van der Waals surface area contributed by atoms with Crippen molar-refractivity contribution in [1.82, 2.24) is 5.32 Å². The van der Waals surface area contributed by atoms with E-state index in [-0.39, 0.29) is 18.4 Å². The fourth-order valence-electron chi connectivity index (χ4n) is 2.29. The number of furan rings is 1. The number of hydrogen-bond donors (Lipinski definition) is 1. The molecule has 1 N–H and O–H groups in total. The molecule has 114 valence electrons. The van der Waals surface area contributed by atoms with Crippen molar-refractivity contribution in [3.8, 4) is 5.75 Å². The maximum absolute atomic E-state index is 11.7. The number of rotatable bonds is 4. The van der Waals surface area contributed by atoms with E-state index in [4.69, 9.17) is 9.15 Å². The number of fused-ring (bicyclic) bond motifs is 1. The van der Waals surface area contributed by atoms with Gasteiger partial charge in [-0.15, -0.1) is 0 Å². The first-order valence-corrected chi connectivity index (χ1v) is 6.99. The number of hydrogen-bond acceptors (Lipinski definition) is 4. The summed E-state index contributed by atoms with van der Waals surface area (Å²) in [6.07, 6.45) is 2.12. The van der Waals surface area contributed by atoms with E-state index < -0.39 is 0 Å². The molecule has 0 saturated carbocycles. The Hall–Kier alpha value is -2.76. The predicted octanol–water partition coefficient (Wildman–Crippen LogP) is 1.61. The second-order valence-corrected chi connectivity index (χ2v) is 5.03. The number of ether oxygens (including phenoxy) is 1. The third kappa shape index (κ3) is 2.81. The summed E-state index contributed by atoms with van der Waals surface area (Å²) in [5, 5.41) is 2.79. The molecule has 0 bridgehead atoms. The van der Waals surface area contributed by atoms with Gasteiger partial charge >= 0.3 is 0 Å². The van der Waals surface area contributed by atoms with E-state index in [1.165, 1.54) is 6.26 Å². The molecule has 0 spiro atoms. The molecular formula is C16H16N2O4. The molecule has 22 heavy (non-hydrogen) atoms. The van der Waals surface area contributed by atoms with Gasteiger partial charge in [-0.2, -0.15) is 0 Å². The first-order valence-electron chi connectivity index (χ1n) is 6.99. The Bertz CT molecular complexity index is 694. The van der Waals surface area contributed by atoms with Crippen molar-refractivity contribution in [3.05, 3.63) is 47.9 Å². The third-order valence-electron chi connectivity index (χ3n) is 3.55. The number of benzene rings is 1. The minimum absolute atomic E-state index is 0.0715. The Kier molecular flexibility index (Phi) is 3.82. The number of nitrogens with zero attached hydrogens (tertiary/aromatic N) is 1. The van der Waals surface area contributed by atoms with E-state index in [2.05, 4.69) is 5.32 Å². The van der Waals surface area contributed by atoms with Crippen LogP contribution in [0.2, 0.25) is 0 Å². The molecule has 6 nitrogen and oxygen atoms in total. The van der Waals surface area contributed by atoms with E-state index in [0.29, 0.717) is 24.5 Å². The van der Waals surface area contributed by atoms with Crippen molar-refractivity contribution in [2.24, 2.45) is 0 Å². The maximum Gasteiger partial charge on any atom is 0.286 e. The highest BCUT2D eigenvalue weighted by molar-refractivity contribution is 5.97. The first-order chi connectivity index (χ1) is 10.6. The molecule has 0 fully saturated rings. The van der Waals surface area contributed by atoms with Gasteiger partial charge in [0.25, 0.3) is 11.8 Å². The van der Waals surface area contributed by atoms with E-state index in [1.54, 1.807) is 24.1 Å². The van der Waals surface area contributed by atoms with E-state index in [0.717, 1.165) is 11.3 Å². The van der Waals surface area contributed by atoms with Crippen molar-refractivity contribution in [2.45, 2.75) is 6.42 Å². The fourth-order valence-corrected chi connectivity index (χ4v) is 2.29. The Morgan fingerprint density at radius 3 is 3.00 bits per heavy atom. The van der Waals surface area contributed by atoms with E-state index >= 15 is 0 Å². The van der Waals surface area contributed by atoms with E-state index in [9.17, 15) is 9.59 Å². The molecule has 0 radical (unpaired) electrons. The monoisotopic (exact) mass is 300 g/mol. The highest BCUT2D eigenvalue weighted by Gasteiger charge is 2.22. The lowest BCUT2D eigenvalue weighted by Gasteiger charge is -2.26. The number of nitrogens with one attached hydrogen (secondary N) is 1. The van der Waals surface area contributed by atoms with Crippen LogP contribution in [0, 0.1) is 0 Å². The van der Waals surface area contributed by atoms with Crippen molar-refractivity contribution in [2.75, 3.05) is 25.1 Å². The van der Waals surface area contributed by atoms with Crippen LogP contribution in [0.3, 0.4) is 0 Å². The maximum atomic E-state index is 11.7. The molecule has 0 aliphatic carbocycles. The zero-order valence-corrected chi connectivity index (χ0v) is 12.2. The van der Waals surface area contributed by atoms with Crippen LogP contribution < -0.4 is 15.0 Å². The minimum Gasteiger partial charge on any atom is -0.482 e. The summed E-state index contributed by atoms with van der Waals surface area (Å²) in [5.74, 6) is 0.684. The summed E-state index contributed by atoms with van der Waals surface area (Å²) >= 11 is 0. The Labute approximate surface area is 127 Å². The number of carbonyl (C=O) groups excluding carboxylic acids is 2. The highest BCUT2D eigenvalue weighted by Crippen LogP contribution is 2.31. The topological polar surface area (TPSA) is 71.8 Å². The average Bonchev–Trinajstić information content (AvgIpc) is 3.06. The van der Waals surface area contributed by atoms with Crippen LogP contribution >= 0.6 is 0 Å². The summed E-state index contributed by atoms with van der Waals surface area (Å²) in [7, 11) is 1.73. The molecule has 2 aromatic rings. The predicted molar refractivity (Wildman–Crippen MR) is 80.1 cm³/mol. The van der Waals surface area contributed by atoms with Gasteiger partial charge in [-0.05, 0) is 36.2 Å². The van der Waals surface area contributed by atoms with Crippen LogP contribution in [0.15, 0.2) is 41.0 Å². The molecule has 3 rings (SSSR count). The zero-order chi connectivity index (χ0) is 15.5. The van der Waals surface area contributed by atoms with Crippen molar-refractivity contribution < 1.29 is 18.7 Å². The van der Waals surface area contributed by atoms with Gasteiger partial charge in [0.15, 0.2) is 12.4 Å². The molecule has 1 aromatic heterocycles. The number of amides is 2. The summed E-state index contributed by atoms with van der Waals surface area (Å²) in [6.45, 7) is 0.554. The van der Waals surface area contributed by atoms with Gasteiger partial charge in [0, 0.05) is 13.6 Å². The summed E-state index contributed by atoms with van der Waals surface area (Å²) in [4.78, 5) is 25.0. The molecule has 1 aromatic carbocycles. The van der Waals surface area contributed by atoms with Crippen LogP contribution in [0.5, 0.6) is 5.75 Å². The van der Waals surface area contributed by atoms with Crippen molar-refractivity contribution >= 4 is 17.5 Å². The van der Waals surface area contributed by atoms with E-state index in [1.807, 2.05) is 18.2 Å². The van der Waals surface area contributed by atoms with Gasteiger partial charge in [0.2, 0.25) is 0 Å². The number of carbonyl (C=O) groups is 2. The Morgan fingerprint density at radius 1 is 1.36 bits per heavy atom. The minimum atomic E-state index is -0.237. The van der Waals surface area contributed by atoms with Gasteiger partial charge in [-0.1, -0.05) is 6.07 Å². The first kappa shape index (κ1) is 14.2. The van der Waals surface area contributed by atoms with Gasteiger partial charge in [-0.3, -0.25) is 9.59 Å². The van der Waals surface area contributed by atoms with Crippen LogP contribution in [0.25, 0.3) is 0 Å². The number of likely N-dealkylation sites (N-methyl/N-ethyl adjacent to an activating group) is 1. The normalized spacial score (nSPS) is 13.5. The molecule has 2 heterocycles. The zero-order valence-electron chi connectivity index (χ0n) is 12.2. The Balaban J connectivity index is 1.62. The third-order valence-corrected chi connectivity index (χ3v) is 3.55. The average molecular weight is 300 g/mol. The van der Waals surface area contributed by atoms with Crippen molar-refractivity contribution in [3.63, 3.8) is 0 Å². The van der Waals surface area contributed by atoms with Gasteiger partial charge in [0.1, 0.15) is 5.75 Å². The summed E-state index contributed by atoms with van der Waals surface area (Å²) < 4.78 is 10.4. The summed E-state index contributed by atoms with van der Waals surface area (Å²) in [5.41, 5.74) is 1.77. The summed E-state index contributed by atoms with van der Waals surface area (Å²) in [6, 6.07) is 8.98. The van der Waals surface area contributed by atoms with Crippen LogP contribution in [0.1, 0.15) is 16.1 Å². The molecule has 1 aliphatic rings. The van der Waals surface area contributed by atoms with Crippen LogP contribution in [-0.4, -0.2) is 32.0 Å². The quantitative estimate of drug-likeness (QED) is 0.931. The molecule has 0 atom stereocenters. The van der Waals surface area contributed by atoms with Gasteiger partial charge in [-0.25, -0.2) is 0 Å². The smallest absolute Gasteiger partial charge is 0.286 e. The van der Waals surface area contributed by atoms with Gasteiger partial charge in [0.05, 0.1) is 12.0 Å². The second kappa shape index (κ2) is 5.93. The lowest BCUT2D eigenvalue weighted by molar-refractivity contribution is -0.120. The number of anilines is 1. The second-order valence-electron chi connectivity index (χ2n) is 5.03. The molecule has 2 amide bonds. The largest absolute Gasteiger partial charge is 0.482 e. The van der Waals surface area contributed by atoms with Gasteiger partial charge < -0.3 is 19.4 Å². The van der Waals surface area contributed by atoms with Crippen molar-refractivity contribution in [1.29, 1.82) is 0 Å². The van der Waals surface area contributed by atoms with Crippen LogP contribution in [0.4, 0.5) is 5.69 Å². The molecular weight excluding hydrogens is 284 g/mol. The highest BCUT2D eigenvalue weighted by atomic mass is 16.5. The molecule has 0 unspecified atom stereocenters. The standard InChI is InChI=1S/C16H16N2O4/c1-18-12-9-11(4-5-13(12)22-10-15(18)19)6-7-17-16(20)14-3-2-8-21-14/h2-5,8-9H,6-7,10H2,1H3,(H,17,20). The van der Waals surface area contributed by atoms with Crippen LogP contribution in [-0.2, 0) is 11.2 Å². The lowest BCUT2D eigenvalue weighted by Crippen LogP contribution is -2.35. The molecule has 0 saturated heterocycles. The SMILES string of the molecule is CN1C(=O)COc2ccc(CCNC(=O)c3ccco3)cc21. The lowest BCUT2D eigenvalue weighted by atomic mass is 10.1. The molecule has 6 heteroatoms. The molecule has 1 aliphatic heterocycles.